The Hall–Kier alpha value is -7.08. The van der Waals surface area contributed by atoms with Gasteiger partial charge in [0.05, 0.1) is 32.3 Å². The molecule has 12 rings (SSSR count). The van der Waals surface area contributed by atoms with Crippen molar-refractivity contribution in [1.29, 1.82) is 0 Å². The lowest BCUT2D eigenvalue weighted by molar-refractivity contribution is 1.08. The van der Waals surface area contributed by atoms with Gasteiger partial charge in [-0.15, -0.1) is 11.3 Å². The van der Waals surface area contributed by atoms with E-state index in [4.69, 9.17) is 9.97 Å². The first kappa shape index (κ1) is 30.4. The minimum Gasteiger partial charge on any atom is -0.309 e. The van der Waals surface area contributed by atoms with Gasteiger partial charge < -0.3 is 4.57 Å². The van der Waals surface area contributed by atoms with Crippen LogP contribution in [0.1, 0.15) is 0 Å². The van der Waals surface area contributed by atoms with Crippen LogP contribution >= 0.6 is 11.3 Å². The highest BCUT2D eigenvalue weighted by atomic mass is 32.1. The zero-order chi connectivity index (χ0) is 36.0. The van der Waals surface area contributed by atoms with Gasteiger partial charge in [0.25, 0.3) is 0 Å². The molecule has 0 aliphatic rings. The molecule has 4 heterocycles. The fourth-order valence-electron chi connectivity index (χ4n) is 8.64. The molecule has 0 saturated heterocycles. The van der Waals surface area contributed by atoms with E-state index in [0.29, 0.717) is 0 Å². The van der Waals surface area contributed by atoms with Gasteiger partial charge in [0.15, 0.2) is 5.82 Å². The molecule has 55 heavy (non-hydrogen) atoms. The molecule has 0 aliphatic carbocycles. The van der Waals surface area contributed by atoms with Crippen molar-refractivity contribution in [2.45, 2.75) is 0 Å². The van der Waals surface area contributed by atoms with Crippen LogP contribution in [0.4, 0.5) is 0 Å². The van der Waals surface area contributed by atoms with Gasteiger partial charge in [0.2, 0.25) is 0 Å². The van der Waals surface area contributed by atoms with E-state index in [-0.39, 0.29) is 0 Å². The number of hydrogen-bond acceptors (Lipinski definition) is 3. The molecule has 0 N–H and O–H groups in total. The second kappa shape index (κ2) is 11.7. The Morgan fingerprint density at radius 1 is 0.382 bits per heavy atom. The first-order valence-corrected chi connectivity index (χ1v) is 19.4. The highest BCUT2D eigenvalue weighted by molar-refractivity contribution is 7.26. The number of hydrogen-bond donors (Lipinski definition) is 0. The Bertz CT molecular complexity index is 3480. The third-order valence-electron chi connectivity index (χ3n) is 11.1. The first-order valence-electron chi connectivity index (χ1n) is 18.6. The van der Waals surface area contributed by atoms with Gasteiger partial charge in [0.1, 0.15) is 5.82 Å². The number of nitrogens with zero attached hydrogens (tertiary/aromatic N) is 4. The highest BCUT2D eigenvalue weighted by Crippen LogP contribution is 2.46. The summed E-state index contributed by atoms with van der Waals surface area (Å²) in [5.41, 5.74) is 10.2. The van der Waals surface area contributed by atoms with Crippen molar-refractivity contribution in [1.82, 2.24) is 19.1 Å². The molecule has 4 aromatic heterocycles. The lowest BCUT2D eigenvalue weighted by Crippen LogP contribution is -2.02. The van der Waals surface area contributed by atoms with Crippen molar-refractivity contribution >= 4 is 86.0 Å². The predicted octanol–water partition coefficient (Wildman–Crippen LogP) is 13.5. The zero-order valence-electron chi connectivity index (χ0n) is 29.5. The second-order valence-electron chi connectivity index (χ2n) is 14.2. The smallest absolute Gasteiger partial charge is 0.162 e. The average molecular weight is 719 g/mol. The van der Waals surface area contributed by atoms with E-state index in [9.17, 15) is 0 Å². The van der Waals surface area contributed by atoms with Crippen LogP contribution in [0.5, 0.6) is 0 Å². The number of aromatic nitrogens is 4. The Morgan fingerprint density at radius 3 is 1.82 bits per heavy atom. The Morgan fingerprint density at radius 2 is 1.02 bits per heavy atom. The van der Waals surface area contributed by atoms with Crippen LogP contribution in [0.15, 0.2) is 182 Å². The van der Waals surface area contributed by atoms with Crippen LogP contribution in [0.3, 0.4) is 0 Å². The van der Waals surface area contributed by atoms with E-state index >= 15 is 0 Å². The van der Waals surface area contributed by atoms with E-state index in [0.717, 1.165) is 39.3 Å². The second-order valence-corrected chi connectivity index (χ2v) is 15.2. The van der Waals surface area contributed by atoms with Crippen LogP contribution in [-0.4, -0.2) is 19.1 Å². The normalized spacial score (nSPS) is 12.0. The Kier molecular flexibility index (Phi) is 6.47. The van der Waals surface area contributed by atoms with Crippen molar-refractivity contribution in [2.24, 2.45) is 0 Å². The minimum atomic E-state index is 0.718. The molecule has 0 spiro atoms. The van der Waals surface area contributed by atoms with Crippen LogP contribution < -0.4 is 0 Å². The summed E-state index contributed by atoms with van der Waals surface area (Å²) in [4.78, 5) is 10.4. The van der Waals surface area contributed by atoms with Gasteiger partial charge in [-0.05, 0) is 59.7 Å². The van der Waals surface area contributed by atoms with Crippen molar-refractivity contribution in [2.75, 3.05) is 0 Å². The summed E-state index contributed by atoms with van der Waals surface area (Å²) < 4.78 is 7.34. The third kappa shape index (κ3) is 4.51. The maximum absolute atomic E-state index is 5.37. The fraction of sp³-hybridized carbons (Fsp3) is 0. The summed E-state index contributed by atoms with van der Waals surface area (Å²) >= 11 is 1.87. The molecular weight excluding hydrogens is 689 g/mol. The molecule has 256 valence electrons. The maximum atomic E-state index is 5.37. The molecule has 0 radical (unpaired) electrons. The van der Waals surface area contributed by atoms with Crippen LogP contribution in [0, 0.1) is 0 Å². The van der Waals surface area contributed by atoms with Gasteiger partial charge in [-0.25, -0.2) is 9.97 Å². The topological polar surface area (TPSA) is 35.6 Å². The van der Waals surface area contributed by atoms with Crippen LogP contribution in [0.2, 0.25) is 0 Å². The molecule has 4 nitrogen and oxygen atoms in total. The molecule has 0 saturated carbocycles. The third-order valence-corrected chi connectivity index (χ3v) is 12.3. The van der Waals surface area contributed by atoms with Crippen molar-refractivity contribution in [3.05, 3.63) is 182 Å². The summed E-state index contributed by atoms with van der Waals surface area (Å²) in [6.45, 7) is 0. The molecule has 0 fully saturated rings. The molecular formula is C50H30N4S. The average Bonchev–Trinajstić information content (AvgIpc) is 3.90. The lowest BCUT2D eigenvalue weighted by Gasteiger charge is -2.13. The Labute approximate surface area is 319 Å². The van der Waals surface area contributed by atoms with Gasteiger partial charge >= 0.3 is 0 Å². The molecule has 8 aromatic carbocycles. The summed E-state index contributed by atoms with van der Waals surface area (Å²) in [6, 6.07) is 65.2. The molecule has 0 aliphatic heterocycles. The van der Waals surface area contributed by atoms with E-state index in [1.165, 1.54) is 69.4 Å². The predicted molar refractivity (Wildman–Crippen MR) is 232 cm³/mol. The van der Waals surface area contributed by atoms with Crippen molar-refractivity contribution in [3.8, 4) is 34.0 Å². The lowest BCUT2D eigenvalue weighted by atomic mass is 10.1. The molecule has 12 aromatic rings. The minimum absolute atomic E-state index is 0.718. The number of para-hydroxylation sites is 3. The van der Waals surface area contributed by atoms with E-state index in [2.05, 4.69) is 173 Å². The first-order chi connectivity index (χ1) is 27.3. The summed E-state index contributed by atoms with van der Waals surface area (Å²) in [5.74, 6) is 1.61. The molecule has 0 bridgehead atoms. The summed E-state index contributed by atoms with van der Waals surface area (Å²) in [5, 5.41) is 8.47. The van der Waals surface area contributed by atoms with E-state index < -0.39 is 0 Å². The number of thiophene rings is 1. The maximum Gasteiger partial charge on any atom is 0.162 e. The summed E-state index contributed by atoms with van der Waals surface area (Å²) in [7, 11) is 0. The van der Waals surface area contributed by atoms with Crippen molar-refractivity contribution in [3.63, 3.8) is 0 Å². The monoisotopic (exact) mass is 718 g/mol. The number of rotatable bonds is 4. The standard InChI is InChI=1S/C50H30N4S/c1-3-14-31(15-4-1)33-18-13-19-34(28-33)53-43-24-11-9-21-36(43)40-29-41-38-27-26-37-35-20-8-12-25-44(35)54(47(37)48(38)55-46(41)30-45(40)53)50-39-22-7-10-23-42(39)51-49(52-50)32-16-5-2-6-17-32/h1-30H. The van der Waals surface area contributed by atoms with E-state index in [1.54, 1.807) is 0 Å². The molecule has 5 heteroatoms. The SMILES string of the molecule is c1ccc(-c2cccc(-n3c4ccccc4c4cc5c(cc43)sc3c5ccc4c5ccccc5n(-c5nc(-c6ccccc6)nc6ccccc56)c43)c2)cc1. The van der Waals surface area contributed by atoms with E-state index in [1.807, 2.05) is 29.5 Å². The van der Waals surface area contributed by atoms with Gasteiger partial charge in [-0.3, -0.25) is 4.57 Å². The molecule has 0 atom stereocenters. The van der Waals surface area contributed by atoms with Gasteiger partial charge in [-0.2, -0.15) is 0 Å². The summed E-state index contributed by atoms with van der Waals surface area (Å²) in [6.07, 6.45) is 0. The molecule has 0 amide bonds. The fourth-order valence-corrected chi connectivity index (χ4v) is 9.90. The van der Waals surface area contributed by atoms with Gasteiger partial charge in [0, 0.05) is 53.7 Å². The van der Waals surface area contributed by atoms with Crippen molar-refractivity contribution < 1.29 is 0 Å². The van der Waals surface area contributed by atoms with Crippen LogP contribution in [0.25, 0.3) is 109 Å². The Balaban J connectivity index is 1.17. The zero-order valence-corrected chi connectivity index (χ0v) is 30.3. The number of benzene rings is 8. The van der Waals surface area contributed by atoms with Gasteiger partial charge in [-0.1, -0.05) is 133 Å². The largest absolute Gasteiger partial charge is 0.309 e. The number of fused-ring (bicyclic) bond motifs is 11. The van der Waals surface area contributed by atoms with Crippen LogP contribution in [-0.2, 0) is 0 Å². The highest BCUT2D eigenvalue weighted by Gasteiger charge is 2.22. The molecule has 0 unspecified atom stereocenters. The quantitative estimate of drug-likeness (QED) is 0.182.